The van der Waals surface area contributed by atoms with E-state index in [1.807, 2.05) is 0 Å². The Bertz CT molecular complexity index is 2080. The molecule has 5 rings (SSSR count). The second-order valence-electron chi connectivity index (χ2n) is 10.1. The molecule has 1 aromatic heterocycles. The Morgan fingerprint density at radius 1 is 1.02 bits per heavy atom. The van der Waals surface area contributed by atoms with E-state index in [4.69, 9.17) is 22.3 Å². The van der Waals surface area contributed by atoms with Gasteiger partial charge >= 0.3 is 0 Å². The Morgan fingerprint density at radius 2 is 1.70 bits per heavy atom. The fourth-order valence-corrected chi connectivity index (χ4v) is 5.78. The van der Waals surface area contributed by atoms with Gasteiger partial charge in [-0.1, -0.05) is 17.7 Å². The number of nitrogens with two attached hydrogens (primary N) is 1. The molecule has 1 heterocycles. The van der Waals surface area contributed by atoms with Crippen LogP contribution in [-0.4, -0.2) is 35.1 Å². The van der Waals surface area contributed by atoms with Gasteiger partial charge in [0.15, 0.2) is 17.5 Å². The van der Waals surface area contributed by atoms with Crippen molar-refractivity contribution in [3.63, 3.8) is 0 Å². The van der Waals surface area contributed by atoms with Crippen LogP contribution >= 0.6 is 23.5 Å². The molecule has 4 aromatic carbocycles. The monoisotopic (exact) mass is 686 g/mol. The summed E-state index contributed by atoms with van der Waals surface area (Å²) < 4.78 is 75.5. The molecule has 0 bridgehead atoms. The van der Waals surface area contributed by atoms with E-state index in [2.05, 4.69) is 15.0 Å². The number of aromatic nitrogens is 2. The van der Waals surface area contributed by atoms with Crippen molar-refractivity contribution >= 4 is 52.4 Å². The van der Waals surface area contributed by atoms with Gasteiger partial charge in [0.1, 0.15) is 23.3 Å². The number of anilines is 1. The predicted molar refractivity (Wildman–Crippen MR) is 173 cm³/mol. The smallest absolute Gasteiger partial charge is 0.266 e. The summed E-state index contributed by atoms with van der Waals surface area (Å²) in [5.74, 6) is -6.23. The van der Waals surface area contributed by atoms with Crippen LogP contribution in [0, 0.1) is 29.1 Å². The number of rotatable bonds is 10. The van der Waals surface area contributed by atoms with Crippen LogP contribution in [0.4, 0.5) is 27.6 Å². The molecule has 8 nitrogen and oxygen atoms in total. The molecule has 4 N–H and O–H groups in total. The number of hydrogen-bond acceptors (Lipinski definition) is 6. The minimum Gasteiger partial charge on any atom is -0.386 e. The third-order valence-electron chi connectivity index (χ3n) is 7.22. The molecule has 1 unspecified atom stereocenters. The summed E-state index contributed by atoms with van der Waals surface area (Å²) in [6.45, 7) is 0. The van der Waals surface area contributed by atoms with Gasteiger partial charge in [-0.3, -0.25) is 14.2 Å². The molecule has 1 atom stereocenters. The summed E-state index contributed by atoms with van der Waals surface area (Å²) in [7, 11) is 1.56. The van der Waals surface area contributed by atoms with E-state index in [0.717, 1.165) is 36.2 Å². The fourth-order valence-electron chi connectivity index (χ4n) is 5.24. The van der Waals surface area contributed by atoms with Crippen LogP contribution < -0.4 is 21.9 Å². The minimum atomic E-state index is -1.64. The first-order valence-electron chi connectivity index (χ1n) is 13.7. The van der Waals surface area contributed by atoms with Gasteiger partial charge in [0.25, 0.3) is 5.56 Å². The molecule has 0 saturated heterocycles. The number of carbonyl (C=O) groups is 1. The normalized spacial score (nSPS) is 12.3. The van der Waals surface area contributed by atoms with Gasteiger partial charge in [-0.2, -0.15) is 4.40 Å². The van der Waals surface area contributed by atoms with Gasteiger partial charge in [0.05, 0.1) is 38.9 Å². The standard InChI is InChI=1S/C32H24ClF5N6O2S/c1-40-29-26(6-5-21(33)27(29)30(39)43-47-2)44-31(25(41-14-45)9-15-7-18(34)13-19(35)8-15)42-24-12-16(3-4-20(24)32(44)46)17-10-22(36)28(38)23(37)11-17/h3-8,10-14,25,40H,9H2,1-2H3,(H2,39,43)(H,41,45). The SMILES string of the molecule is CNc1c(-n2c(C(Cc3cc(F)cc(F)c3)NC=O)nc3cc(-c4cc(F)c(F)c(F)c4)ccc3c2=O)ccc(Cl)c1C(N)=NSC. The van der Waals surface area contributed by atoms with E-state index in [9.17, 15) is 31.5 Å². The van der Waals surface area contributed by atoms with E-state index >= 15 is 0 Å². The van der Waals surface area contributed by atoms with Gasteiger partial charge in [-0.15, -0.1) is 0 Å². The highest BCUT2D eigenvalue weighted by molar-refractivity contribution is 7.97. The number of benzene rings is 4. The van der Waals surface area contributed by atoms with E-state index in [1.165, 1.54) is 34.9 Å². The average Bonchev–Trinajstić information content (AvgIpc) is 3.02. The number of amides is 1. The largest absolute Gasteiger partial charge is 0.386 e. The van der Waals surface area contributed by atoms with Crippen molar-refractivity contribution in [2.45, 2.75) is 12.5 Å². The number of nitrogens with zero attached hydrogens (tertiary/aromatic N) is 3. The van der Waals surface area contributed by atoms with Crippen LogP contribution in [-0.2, 0) is 11.2 Å². The molecule has 0 aliphatic rings. The summed E-state index contributed by atoms with van der Waals surface area (Å²) in [6, 6.07) is 10.4. The highest BCUT2D eigenvalue weighted by atomic mass is 35.5. The Morgan fingerprint density at radius 3 is 2.32 bits per heavy atom. The number of hydrogen-bond donors (Lipinski definition) is 3. The van der Waals surface area contributed by atoms with Crippen molar-refractivity contribution < 1.29 is 26.7 Å². The van der Waals surface area contributed by atoms with E-state index < -0.39 is 40.7 Å². The zero-order chi connectivity index (χ0) is 34.0. The number of fused-ring (bicyclic) bond motifs is 1. The van der Waals surface area contributed by atoms with Crippen LogP contribution in [0.15, 0.2) is 69.9 Å². The van der Waals surface area contributed by atoms with Gasteiger partial charge in [-0.25, -0.2) is 26.9 Å². The number of halogens is 6. The predicted octanol–water partition coefficient (Wildman–Crippen LogP) is 6.46. The minimum absolute atomic E-state index is 0.0306. The van der Waals surface area contributed by atoms with Crippen molar-refractivity contribution in [2.75, 3.05) is 18.6 Å². The third kappa shape index (κ3) is 6.65. The Hall–Kier alpha value is -4.95. The van der Waals surface area contributed by atoms with Gasteiger partial charge in [0, 0.05) is 25.8 Å². The summed E-state index contributed by atoms with van der Waals surface area (Å²) in [6.07, 6.45) is 1.81. The second kappa shape index (κ2) is 13.8. The quantitative estimate of drug-likeness (QED) is 0.0388. The molecule has 15 heteroatoms. The number of nitrogens with one attached hydrogen (secondary N) is 2. The molecule has 5 aromatic rings. The summed E-state index contributed by atoms with van der Waals surface area (Å²) in [5.41, 5.74) is 6.65. The van der Waals surface area contributed by atoms with Crippen LogP contribution in [0.3, 0.4) is 0 Å². The Balaban J connectivity index is 1.84. The first-order chi connectivity index (χ1) is 22.5. The Labute approximate surface area is 273 Å². The summed E-state index contributed by atoms with van der Waals surface area (Å²) in [4.78, 5) is 30.9. The molecule has 47 heavy (non-hydrogen) atoms. The average molecular weight is 687 g/mol. The lowest BCUT2D eigenvalue weighted by atomic mass is 10.0. The molecule has 0 spiro atoms. The molecular weight excluding hydrogens is 663 g/mol. The van der Waals surface area contributed by atoms with Crippen LogP contribution in [0.5, 0.6) is 0 Å². The van der Waals surface area contributed by atoms with E-state index in [-0.39, 0.29) is 67.6 Å². The molecule has 0 aliphatic carbocycles. The maximum Gasteiger partial charge on any atom is 0.266 e. The van der Waals surface area contributed by atoms with Crippen molar-refractivity contribution in [1.29, 1.82) is 0 Å². The first-order valence-corrected chi connectivity index (χ1v) is 15.3. The zero-order valence-corrected chi connectivity index (χ0v) is 26.1. The van der Waals surface area contributed by atoms with Gasteiger partial charge in [0.2, 0.25) is 6.41 Å². The summed E-state index contributed by atoms with van der Waals surface area (Å²) in [5, 5.41) is 5.82. The van der Waals surface area contributed by atoms with Gasteiger partial charge < -0.3 is 16.4 Å². The molecule has 0 fully saturated rings. The first kappa shape index (κ1) is 33.4. The van der Waals surface area contributed by atoms with Crippen molar-refractivity contribution in [3.05, 3.63) is 122 Å². The van der Waals surface area contributed by atoms with Crippen molar-refractivity contribution in [2.24, 2.45) is 10.1 Å². The fraction of sp³-hybridized carbons (Fsp3) is 0.125. The van der Waals surface area contributed by atoms with Crippen molar-refractivity contribution in [1.82, 2.24) is 14.9 Å². The molecule has 0 aliphatic heterocycles. The number of amidine groups is 1. The highest BCUT2D eigenvalue weighted by Crippen LogP contribution is 2.34. The Kier molecular flexibility index (Phi) is 9.82. The lowest BCUT2D eigenvalue weighted by Crippen LogP contribution is -2.33. The van der Waals surface area contributed by atoms with E-state index in [0.29, 0.717) is 12.5 Å². The lowest BCUT2D eigenvalue weighted by molar-refractivity contribution is -0.110. The zero-order valence-electron chi connectivity index (χ0n) is 24.5. The third-order valence-corrected chi connectivity index (χ3v) is 7.92. The molecule has 1 amide bonds. The van der Waals surface area contributed by atoms with Crippen LogP contribution in [0.25, 0.3) is 27.7 Å². The van der Waals surface area contributed by atoms with E-state index in [1.54, 1.807) is 13.3 Å². The highest BCUT2D eigenvalue weighted by Gasteiger charge is 2.26. The number of carbonyl (C=O) groups excluding carboxylic acids is 1. The van der Waals surface area contributed by atoms with Crippen molar-refractivity contribution in [3.8, 4) is 16.8 Å². The second-order valence-corrected chi connectivity index (χ2v) is 11.1. The molecule has 0 saturated carbocycles. The molecule has 0 radical (unpaired) electrons. The van der Waals surface area contributed by atoms with Gasteiger partial charge in [-0.05, 0) is 77.2 Å². The molecular formula is C32H24ClF5N6O2S. The lowest BCUT2D eigenvalue weighted by Gasteiger charge is -2.24. The maximum absolute atomic E-state index is 14.4. The molecule has 242 valence electrons. The maximum atomic E-state index is 14.4. The van der Waals surface area contributed by atoms with Crippen LogP contribution in [0.2, 0.25) is 5.02 Å². The topological polar surface area (TPSA) is 114 Å². The van der Waals surface area contributed by atoms with Crippen LogP contribution in [0.1, 0.15) is 23.0 Å². The summed E-state index contributed by atoms with van der Waals surface area (Å²) >= 11 is 7.59.